The van der Waals surface area contributed by atoms with Gasteiger partial charge in [0.25, 0.3) is 5.91 Å². The van der Waals surface area contributed by atoms with Crippen molar-refractivity contribution in [3.05, 3.63) is 64.2 Å². The fourth-order valence-electron chi connectivity index (χ4n) is 6.43. The SMILES string of the molecule is CC(C)(C)C(=O)N1CCc2cc(C(=O)NO)sc2C1.CC(C)(C)C(=O)O.CCN(CC)CC.COC(=O)c1cc2c(s1)CN(C(=O)C(C)(C)C)CC2.COC(=O)c1cc2c(s1)CNCC2.Cl.NO. The van der Waals surface area contributed by atoms with Gasteiger partial charge in [-0.15, -0.1) is 46.4 Å². The molecule has 3 aliphatic rings. The molecule has 0 fully saturated rings. The first-order chi connectivity index (χ1) is 31.2. The van der Waals surface area contributed by atoms with E-state index in [9.17, 15) is 28.8 Å². The summed E-state index contributed by atoms with van der Waals surface area (Å²) in [6.45, 7) is 31.1. The number of esters is 2. The molecule has 0 aliphatic carbocycles. The third-order valence-electron chi connectivity index (χ3n) is 10.5. The first kappa shape index (κ1) is 64.0. The minimum Gasteiger partial charge on any atom is -0.481 e. The third kappa shape index (κ3) is 20.2. The predicted octanol–water partition coefficient (Wildman–Crippen LogP) is 7.67. The van der Waals surface area contributed by atoms with Gasteiger partial charge in [-0.3, -0.25) is 24.4 Å². The van der Waals surface area contributed by atoms with E-state index in [2.05, 4.69) is 41.6 Å². The number of hydroxylamine groups is 1. The van der Waals surface area contributed by atoms with Crippen LogP contribution in [0.15, 0.2) is 18.2 Å². The van der Waals surface area contributed by atoms with Crippen LogP contribution < -0.4 is 16.7 Å². The van der Waals surface area contributed by atoms with Crippen LogP contribution >= 0.6 is 46.4 Å². The molecule has 68 heavy (non-hydrogen) atoms. The molecule has 0 saturated carbocycles. The standard InChI is InChI=1S/C14H19NO3S.C13H18N2O3S.C9H11NO2S.C6H15N.C5H10O2.ClH.H3NO/c1-14(2,3)13(17)15-6-5-9-7-10(12(16)18-4)19-11(9)8-15;1-13(2,3)12(17)15-5-4-8-6-9(11(16)14-18)19-10(8)7-15;1-12-9(11)7-4-6-2-3-10-5-8(6)13-7;1-4-7(5-2)6-3;1-5(2,3)4(6)7;;1-2/h7H,5-6,8H2,1-4H3;6,18H,4-5,7H2,1-3H3,(H,14,16);4,10H,2-3,5H2,1H3;4-6H2,1-3H3;1-3H3,(H,6,7);1H;2H,1H2. The molecule has 21 heteroatoms. The van der Waals surface area contributed by atoms with Crippen molar-refractivity contribution >= 4 is 82.0 Å². The number of nitrogens with one attached hydrogen (secondary N) is 2. The minimum atomic E-state index is -0.757. The summed E-state index contributed by atoms with van der Waals surface area (Å²) in [6.07, 6.45) is 2.58. The zero-order chi connectivity index (χ0) is 51.4. The van der Waals surface area contributed by atoms with Crippen LogP contribution in [0.2, 0.25) is 0 Å². The maximum atomic E-state index is 12.3. The molecule has 0 radical (unpaired) electrons. The number of rotatable bonds is 6. The molecule has 0 bridgehead atoms. The highest BCUT2D eigenvalue weighted by Crippen LogP contribution is 2.32. The number of carboxylic acid groups (broad SMARTS) is 1. The molecule has 0 unspecified atom stereocenters. The Morgan fingerprint density at radius 2 is 1.01 bits per heavy atom. The molecule has 3 aliphatic heterocycles. The Labute approximate surface area is 421 Å². The Bertz CT molecular complexity index is 1960. The van der Waals surface area contributed by atoms with Crippen LogP contribution in [-0.2, 0) is 62.8 Å². The number of fused-ring (bicyclic) bond motifs is 3. The summed E-state index contributed by atoms with van der Waals surface area (Å²) in [5.74, 6) is 2.01. The van der Waals surface area contributed by atoms with Crippen LogP contribution in [0.4, 0.5) is 0 Å². The van der Waals surface area contributed by atoms with Crippen molar-refractivity contribution in [3.63, 3.8) is 0 Å². The molecule has 0 spiro atoms. The van der Waals surface area contributed by atoms with Gasteiger partial charge >= 0.3 is 17.9 Å². The van der Waals surface area contributed by atoms with E-state index in [0.717, 1.165) is 59.1 Å². The summed E-state index contributed by atoms with van der Waals surface area (Å²) >= 11 is 4.30. The highest BCUT2D eigenvalue weighted by molar-refractivity contribution is 7.14. The van der Waals surface area contributed by atoms with Gasteiger partial charge in [-0.25, -0.2) is 21.0 Å². The van der Waals surface area contributed by atoms with E-state index >= 15 is 0 Å². The van der Waals surface area contributed by atoms with Gasteiger partial charge in [0.05, 0.1) is 37.6 Å². The van der Waals surface area contributed by atoms with Gasteiger partial charge < -0.3 is 39.8 Å². The van der Waals surface area contributed by atoms with Gasteiger partial charge in [0, 0.05) is 45.1 Å². The summed E-state index contributed by atoms with van der Waals surface area (Å²) in [5, 5.41) is 26.7. The molecule has 3 aromatic rings. The molecule has 17 nitrogen and oxygen atoms in total. The van der Waals surface area contributed by atoms with Gasteiger partial charge in [-0.05, 0) is 101 Å². The number of thiophene rings is 3. The van der Waals surface area contributed by atoms with Crippen molar-refractivity contribution in [2.75, 3.05) is 53.5 Å². The lowest BCUT2D eigenvalue weighted by molar-refractivity contribution is -0.146. The Kier molecular flexibility index (Phi) is 28.2. The minimum absolute atomic E-state index is 0. The topological polar surface area (TPSA) is 241 Å². The fraction of sp³-hybridized carbons (Fsp3) is 0.617. The normalized spacial score (nSPS) is 13.6. The first-order valence-electron chi connectivity index (χ1n) is 22.2. The Balaban J connectivity index is 0.000000859. The van der Waals surface area contributed by atoms with E-state index in [1.165, 1.54) is 83.9 Å². The molecule has 0 aromatic carbocycles. The van der Waals surface area contributed by atoms with E-state index in [0.29, 0.717) is 29.4 Å². The number of aliphatic carboxylic acids is 1. The summed E-state index contributed by atoms with van der Waals surface area (Å²) in [7, 11) is 2.80. The van der Waals surface area contributed by atoms with Crippen molar-refractivity contribution in [2.45, 2.75) is 122 Å². The fourth-order valence-corrected chi connectivity index (χ4v) is 9.79. The average molecular weight is 1030 g/mol. The number of amides is 3. The van der Waals surface area contributed by atoms with Gasteiger partial charge in [0.1, 0.15) is 9.75 Å². The van der Waals surface area contributed by atoms with Crippen LogP contribution in [0.1, 0.15) is 143 Å². The molecule has 7 N–H and O–H groups in total. The van der Waals surface area contributed by atoms with Crippen molar-refractivity contribution in [3.8, 4) is 0 Å². The van der Waals surface area contributed by atoms with Crippen molar-refractivity contribution in [1.29, 1.82) is 0 Å². The maximum Gasteiger partial charge on any atom is 0.348 e. The number of nitrogens with zero attached hydrogens (tertiary/aromatic N) is 3. The van der Waals surface area contributed by atoms with E-state index in [1.54, 1.807) is 32.3 Å². The zero-order valence-electron chi connectivity index (χ0n) is 42.4. The van der Waals surface area contributed by atoms with Crippen molar-refractivity contribution in [2.24, 2.45) is 22.1 Å². The Morgan fingerprint density at radius 3 is 1.32 bits per heavy atom. The molecule has 386 valence electrons. The Morgan fingerprint density at radius 1 is 0.662 bits per heavy atom. The van der Waals surface area contributed by atoms with Gasteiger partial charge in [-0.1, -0.05) is 62.3 Å². The Hall–Kier alpha value is -3.99. The van der Waals surface area contributed by atoms with Crippen LogP contribution in [0.25, 0.3) is 0 Å². The number of hydrogen-bond acceptors (Lipinski definition) is 16. The summed E-state index contributed by atoms with van der Waals surface area (Å²) in [4.78, 5) is 79.9. The lowest BCUT2D eigenvalue weighted by Crippen LogP contribution is -2.41. The van der Waals surface area contributed by atoms with Crippen molar-refractivity contribution < 1.29 is 53.8 Å². The molecule has 3 amide bonds. The lowest BCUT2D eigenvalue weighted by atomic mass is 9.93. The monoisotopic (exact) mass is 1030 g/mol. The number of halogens is 1. The zero-order valence-corrected chi connectivity index (χ0v) is 45.6. The molecule has 3 aromatic heterocycles. The lowest BCUT2D eigenvalue weighted by Gasteiger charge is -2.32. The number of carboxylic acids is 1. The van der Waals surface area contributed by atoms with E-state index < -0.39 is 17.3 Å². The molecular weight excluding hydrogens is 956 g/mol. The van der Waals surface area contributed by atoms with Crippen LogP contribution in [0.5, 0.6) is 0 Å². The van der Waals surface area contributed by atoms with E-state index in [4.69, 9.17) is 20.3 Å². The van der Waals surface area contributed by atoms with E-state index in [-0.39, 0.29) is 47.0 Å². The first-order valence-corrected chi connectivity index (χ1v) is 24.7. The van der Waals surface area contributed by atoms with Gasteiger partial charge in [0.15, 0.2) is 0 Å². The predicted molar refractivity (Wildman–Crippen MR) is 271 cm³/mol. The number of carbonyl (C=O) groups is 6. The second-order valence-corrected chi connectivity index (χ2v) is 22.1. The molecule has 6 heterocycles. The molecule has 0 atom stereocenters. The highest BCUT2D eigenvalue weighted by Gasteiger charge is 2.32. The average Bonchev–Trinajstić information content (AvgIpc) is 4.05. The molecule has 0 saturated heterocycles. The number of hydrogen-bond donors (Lipinski definition) is 6. The summed E-state index contributed by atoms with van der Waals surface area (Å²) in [6, 6.07) is 5.64. The molecular formula is C47H77ClN6O11S3. The van der Waals surface area contributed by atoms with Crippen LogP contribution in [-0.4, -0.2) is 119 Å². The van der Waals surface area contributed by atoms with E-state index in [1.807, 2.05) is 63.5 Å². The largest absolute Gasteiger partial charge is 0.481 e. The van der Waals surface area contributed by atoms with Gasteiger partial charge in [-0.2, -0.15) is 0 Å². The third-order valence-corrected chi connectivity index (χ3v) is 13.9. The molecule has 6 rings (SSSR count). The second-order valence-electron chi connectivity index (χ2n) is 18.7. The smallest absolute Gasteiger partial charge is 0.348 e. The number of methoxy groups -OCH3 is 2. The summed E-state index contributed by atoms with van der Waals surface area (Å²) in [5.41, 5.74) is 3.87. The van der Waals surface area contributed by atoms with Crippen LogP contribution in [0.3, 0.4) is 0 Å². The highest BCUT2D eigenvalue weighted by atomic mass is 35.5. The number of nitrogens with two attached hydrogens (primary N) is 1. The quantitative estimate of drug-likeness (QED) is 0.0789. The van der Waals surface area contributed by atoms with Gasteiger partial charge in [0.2, 0.25) is 11.8 Å². The van der Waals surface area contributed by atoms with Crippen LogP contribution in [0, 0.1) is 16.2 Å². The van der Waals surface area contributed by atoms with Crippen molar-refractivity contribution in [1.82, 2.24) is 25.5 Å². The number of ether oxygens (including phenoxy) is 2. The second kappa shape index (κ2) is 29.9. The summed E-state index contributed by atoms with van der Waals surface area (Å²) < 4.78 is 9.40. The maximum absolute atomic E-state index is 12.3. The number of carbonyl (C=O) groups excluding carboxylic acids is 5.